The molecule has 0 saturated heterocycles. The van der Waals surface area contributed by atoms with Crippen molar-refractivity contribution in [2.45, 2.75) is 43.5 Å². The number of ether oxygens (including phenoxy) is 1. The van der Waals surface area contributed by atoms with Crippen LogP contribution in [0.2, 0.25) is 0 Å². The van der Waals surface area contributed by atoms with Gasteiger partial charge in [-0.15, -0.1) is 0 Å². The zero-order valence-corrected chi connectivity index (χ0v) is 19.1. The number of carbonyl (C=O) groups excluding carboxylic acids is 1. The maximum absolute atomic E-state index is 13.1. The average molecular weight is 443 g/mol. The number of hydrogen-bond acceptors (Lipinski definition) is 4. The molecular weight excluding hydrogens is 412 g/mol. The summed E-state index contributed by atoms with van der Waals surface area (Å²) >= 11 is 0. The van der Waals surface area contributed by atoms with E-state index in [1.54, 1.807) is 36.4 Å². The van der Waals surface area contributed by atoms with Gasteiger partial charge in [0.25, 0.3) is 15.9 Å². The van der Waals surface area contributed by atoms with Gasteiger partial charge in [-0.05, 0) is 80.3 Å². The van der Waals surface area contributed by atoms with Gasteiger partial charge in [0.15, 0.2) is 0 Å². The Morgan fingerprint density at radius 2 is 1.81 bits per heavy atom. The fraction of sp³-hybridized carbons (Fsp3) is 0.458. The van der Waals surface area contributed by atoms with Crippen molar-refractivity contribution in [2.75, 3.05) is 18.5 Å². The van der Waals surface area contributed by atoms with Gasteiger partial charge in [0.1, 0.15) is 5.75 Å². The third-order valence-electron chi connectivity index (χ3n) is 6.99. The molecule has 4 atom stereocenters. The van der Waals surface area contributed by atoms with Crippen LogP contribution in [0.15, 0.2) is 53.4 Å². The smallest absolute Gasteiger partial charge is 0.264 e. The number of anilines is 1. The lowest BCUT2D eigenvalue weighted by Gasteiger charge is -2.28. The SMILES string of the molecule is COc1ccccc1N(C)S(=O)(=O)c1ccc(C(=O)N[C@H](C)[C@H]2C[C@H]3CC[C@H]2C3)cc1. The Bertz CT molecular complexity index is 1050. The van der Waals surface area contributed by atoms with Crippen LogP contribution in [-0.4, -0.2) is 34.5 Å². The van der Waals surface area contributed by atoms with Crippen molar-refractivity contribution >= 4 is 21.6 Å². The maximum Gasteiger partial charge on any atom is 0.264 e. The molecule has 2 aliphatic carbocycles. The Labute approximate surface area is 184 Å². The van der Waals surface area contributed by atoms with Crippen molar-refractivity contribution in [3.63, 3.8) is 0 Å². The van der Waals surface area contributed by atoms with Gasteiger partial charge < -0.3 is 10.1 Å². The summed E-state index contributed by atoms with van der Waals surface area (Å²) in [5, 5.41) is 3.13. The molecule has 6 nitrogen and oxygen atoms in total. The van der Waals surface area contributed by atoms with Crippen molar-refractivity contribution in [2.24, 2.45) is 17.8 Å². The van der Waals surface area contributed by atoms with E-state index in [1.807, 2.05) is 0 Å². The summed E-state index contributed by atoms with van der Waals surface area (Å²) in [5.41, 5.74) is 0.917. The van der Waals surface area contributed by atoms with Gasteiger partial charge in [0.05, 0.1) is 17.7 Å². The van der Waals surface area contributed by atoms with Crippen molar-refractivity contribution in [1.82, 2.24) is 5.32 Å². The van der Waals surface area contributed by atoms with Gasteiger partial charge in [-0.25, -0.2) is 8.42 Å². The summed E-state index contributed by atoms with van der Waals surface area (Å²) in [6.07, 6.45) is 5.12. The summed E-state index contributed by atoms with van der Waals surface area (Å²) in [7, 11) is -0.792. The van der Waals surface area contributed by atoms with Crippen LogP contribution in [0.25, 0.3) is 0 Å². The van der Waals surface area contributed by atoms with Gasteiger partial charge in [-0.3, -0.25) is 9.10 Å². The molecule has 7 heteroatoms. The second-order valence-corrected chi connectivity index (χ2v) is 10.7. The lowest BCUT2D eigenvalue weighted by Crippen LogP contribution is -2.40. The minimum atomic E-state index is -3.79. The van der Waals surface area contributed by atoms with Gasteiger partial charge in [-0.1, -0.05) is 18.6 Å². The lowest BCUT2D eigenvalue weighted by atomic mass is 9.84. The molecule has 166 valence electrons. The van der Waals surface area contributed by atoms with Crippen LogP contribution in [0.1, 0.15) is 43.0 Å². The van der Waals surface area contributed by atoms with Crippen LogP contribution >= 0.6 is 0 Å². The Balaban J connectivity index is 1.46. The van der Waals surface area contributed by atoms with Crippen molar-refractivity contribution in [3.8, 4) is 5.75 Å². The van der Waals surface area contributed by atoms with Crippen LogP contribution in [-0.2, 0) is 10.0 Å². The first-order chi connectivity index (χ1) is 14.8. The Kier molecular flexibility index (Phi) is 5.97. The standard InChI is InChI=1S/C24H30N2O4S/c1-16(21-15-17-8-9-19(21)14-17)25-24(27)18-10-12-20(13-11-18)31(28,29)26(2)22-6-4-5-7-23(22)30-3/h4-7,10-13,16-17,19,21H,8-9,14-15H2,1-3H3,(H,25,27)/t16-,17+,19+,21-/m1/s1. The number of para-hydroxylation sites is 2. The highest BCUT2D eigenvalue weighted by atomic mass is 32.2. The van der Waals surface area contributed by atoms with Crippen LogP contribution in [0.5, 0.6) is 5.75 Å². The first kappa shape index (κ1) is 21.7. The van der Waals surface area contributed by atoms with E-state index in [0.717, 1.165) is 11.8 Å². The number of fused-ring (bicyclic) bond motifs is 2. The Morgan fingerprint density at radius 3 is 2.42 bits per heavy atom. The summed E-state index contributed by atoms with van der Waals surface area (Å²) in [4.78, 5) is 12.9. The zero-order valence-electron chi connectivity index (χ0n) is 18.2. The van der Waals surface area contributed by atoms with Gasteiger partial charge >= 0.3 is 0 Å². The van der Waals surface area contributed by atoms with Crippen LogP contribution in [0.4, 0.5) is 5.69 Å². The molecule has 1 amide bonds. The molecular formula is C24H30N2O4S. The van der Waals surface area contributed by atoms with Crippen LogP contribution in [0, 0.1) is 17.8 Å². The molecule has 1 N–H and O–H groups in total. The van der Waals surface area contributed by atoms with Gasteiger partial charge in [0, 0.05) is 18.7 Å². The molecule has 0 aromatic heterocycles. The Hall–Kier alpha value is -2.54. The molecule has 2 aromatic carbocycles. The predicted octanol–water partition coefficient (Wildman–Crippen LogP) is 4.07. The zero-order chi connectivity index (χ0) is 22.2. The maximum atomic E-state index is 13.1. The molecule has 4 rings (SSSR count). The first-order valence-electron chi connectivity index (χ1n) is 10.8. The second kappa shape index (κ2) is 8.54. The molecule has 0 radical (unpaired) electrons. The molecule has 2 bridgehead atoms. The fourth-order valence-corrected chi connectivity index (χ4v) is 6.47. The summed E-state index contributed by atoms with van der Waals surface area (Å²) in [5.74, 6) is 2.44. The van der Waals surface area contributed by atoms with E-state index in [0.29, 0.717) is 22.9 Å². The Morgan fingerprint density at radius 1 is 1.10 bits per heavy atom. The minimum Gasteiger partial charge on any atom is -0.495 e. The van der Waals surface area contributed by atoms with E-state index >= 15 is 0 Å². The fourth-order valence-electron chi connectivity index (χ4n) is 5.26. The number of nitrogens with one attached hydrogen (secondary N) is 1. The molecule has 2 aromatic rings. The second-order valence-electron chi connectivity index (χ2n) is 8.77. The number of carbonyl (C=O) groups is 1. The quantitative estimate of drug-likeness (QED) is 0.701. The number of hydrogen-bond donors (Lipinski definition) is 1. The van der Waals surface area contributed by atoms with Crippen molar-refractivity contribution in [1.29, 1.82) is 0 Å². The number of rotatable bonds is 7. The topological polar surface area (TPSA) is 75.7 Å². The first-order valence-corrected chi connectivity index (χ1v) is 12.3. The number of nitrogens with zero attached hydrogens (tertiary/aromatic N) is 1. The molecule has 31 heavy (non-hydrogen) atoms. The summed E-state index contributed by atoms with van der Waals surface area (Å²) in [6.45, 7) is 2.09. The number of methoxy groups -OCH3 is 1. The largest absolute Gasteiger partial charge is 0.495 e. The normalized spacial score (nSPS) is 23.4. The van der Waals surface area contributed by atoms with Crippen molar-refractivity contribution < 1.29 is 17.9 Å². The van der Waals surface area contributed by atoms with E-state index < -0.39 is 10.0 Å². The summed E-state index contributed by atoms with van der Waals surface area (Å²) in [6, 6.07) is 13.2. The molecule has 0 unspecified atom stereocenters. The molecule has 0 spiro atoms. The van der Waals surface area contributed by atoms with E-state index in [2.05, 4.69) is 12.2 Å². The van der Waals surface area contributed by atoms with Crippen molar-refractivity contribution in [3.05, 3.63) is 54.1 Å². The number of amides is 1. The number of benzene rings is 2. The lowest BCUT2D eigenvalue weighted by molar-refractivity contribution is 0.0915. The molecule has 2 saturated carbocycles. The molecule has 0 heterocycles. The van der Waals surface area contributed by atoms with Crippen LogP contribution in [0.3, 0.4) is 0 Å². The highest BCUT2D eigenvalue weighted by molar-refractivity contribution is 7.92. The monoisotopic (exact) mass is 442 g/mol. The van der Waals surface area contributed by atoms with Gasteiger partial charge in [-0.2, -0.15) is 0 Å². The third kappa shape index (κ3) is 4.15. The van der Waals surface area contributed by atoms with E-state index in [-0.39, 0.29) is 16.8 Å². The van der Waals surface area contributed by atoms with E-state index in [4.69, 9.17) is 4.74 Å². The minimum absolute atomic E-state index is 0.124. The van der Waals surface area contributed by atoms with Gasteiger partial charge in [0.2, 0.25) is 0 Å². The van der Waals surface area contributed by atoms with E-state index in [1.165, 1.54) is 56.3 Å². The average Bonchev–Trinajstić information content (AvgIpc) is 3.42. The predicted molar refractivity (Wildman–Crippen MR) is 121 cm³/mol. The highest BCUT2D eigenvalue weighted by Crippen LogP contribution is 2.49. The highest BCUT2D eigenvalue weighted by Gasteiger charge is 2.42. The molecule has 2 aliphatic rings. The molecule has 2 fully saturated rings. The third-order valence-corrected chi connectivity index (χ3v) is 8.78. The molecule has 0 aliphatic heterocycles. The van der Waals surface area contributed by atoms with E-state index in [9.17, 15) is 13.2 Å². The van der Waals surface area contributed by atoms with Crippen LogP contribution < -0.4 is 14.4 Å². The number of sulfonamides is 1. The summed E-state index contributed by atoms with van der Waals surface area (Å²) < 4.78 is 32.6.